The Labute approximate surface area is 147 Å². The van der Waals surface area contributed by atoms with E-state index < -0.39 is 7.14 Å². The molecule has 0 aliphatic rings. The maximum atomic E-state index is 5.69. The van der Waals surface area contributed by atoms with Gasteiger partial charge in [0.1, 0.15) is 0 Å². The predicted octanol–water partition coefficient (Wildman–Crippen LogP) is 3.03. The van der Waals surface area contributed by atoms with Gasteiger partial charge in [-0.1, -0.05) is 0 Å². The molecule has 0 saturated heterocycles. The van der Waals surface area contributed by atoms with E-state index >= 15 is 0 Å². The second-order valence-corrected chi connectivity index (χ2v) is 10.4. The maximum absolute atomic E-state index is 5.69. The predicted molar refractivity (Wildman–Crippen MR) is 109 cm³/mol. The molecule has 0 aromatic heterocycles. The molecule has 116 valence electrons. The summed E-state index contributed by atoms with van der Waals surface area (Å²) in [5.41, 5.74) is 0. The quantitative estimate of drug-likeness (QED) is 0.496. The zero-order valence-corrected chi connectivity index (χ0v) is 15.9. The van der Waals surface area contributed by atoms with Gasteiger partial charge in [-0.15, -0.1) is 0 Å². The molecule has 0 aliphatic heterocycles. The second kappa shape index (κ2) is 6.90. The van der Waals surface area contributed by atoms with Crippen LogP contribution in [0.3, 0.4) is 0 Å². The molecule has 0 saturated carbocycles. The monoisotopic (exact) mass is 384 g/mol. The first kappa shape index (κ1) is 16.3. The van der Waals surface area contributed by atoms with Crippen molar-refractivity contribution < 1.29 is 4.74 Å². The molecule has 4 heteroatoms. The van der Waals surface area contributed by atoms with E-state index in [4.69, 9.17) is 4.74 Å². The topological polar surface area (TPSA) is 9.23 Å². The number of hydrogen-bond acceptors (Lipinski definition) is 1. The fraction of sp³-hybridized carbons (Fsp3) is 0.0526. The molecule has 1 nitrogen and oxygen atoms in total. The van der Waals surface area contributed by atoms with E-state index in [1.165, 1.54) is 15.9 Å². The van der Waals surface area contributed by atoms with E-state index in [2.05, 4.69) is 96.3 Å². The second-order valence-electron chi connectivity index (χ2n) is 5.67. The van der Waals surface area contributed by atoms with Crippen LogP contribution in [0.4, 0.5) is 0 Å². The summed E-state index contributed by atoms with van der Waals surface area (Å²) in [6.45, 7) is 0. The number of methoxy groups -OCH3 is 1. The molecule has 0 aliphatic carbocycles. The number of benzene rings is 3. The Kier molecular flexibility index (Phi) is 4.89. The molecule has 0 atom stereocenters. The number of para-hydroxylation sites is 1. The van der Waals surface area contributed by atoms with Gasteiger partial charge in [-0.2, -0.15) is 0 Å². The molecular weight excluding hydrogens is 366 g/mol. The van der Waals surface area contributed by atoms with Crippen LogP contribution in [0.5, 0.6) is 5.75 Å². The van der Waals surface area contributed by atoms with Gasteiger partial charge < -0.3 is 0 Å². The molecular formula is C19H19BBrOP. The Morgan fingerprint density at radius 1 is 0.783 bits per heavy atom. The van der Waals surface area contributed by atoms with Crippen LogP contribution in [0, 0.1) is 0 Å². The fourth-order valence-corrected chi connectivity index (χ4v) is 8.50. The average Bonchev–Trinajstić information content (AvgIpc) is 2.62. The summed E-state index contributed by atoms with van der Waals surface area (Å²) in [7, 11) is 1.98. The third kappa shape index (κ3) is 2.96. The minimum absolute atomic E-state index is 0.960. The molecule has 0 radical (unpaired) electrons. The van der Waals surface area contributed by atoms with Gasteiger partial charge in [0.15, 0.2) is 0 Å². The molecule has 0 fully saturated rings. The van der Waals surface area contributed by atoms with Gasteiger partial charge in [-0.25, -0.2) is 0 Å². The van der Waals surface area contributed by atoms with Crippen molar-refractivity contribution in [3.05, 3.63) is 83.3 Å². The molecule has 3 aromatic rings. The third-order valence-corrected chi connectivity index (χ3v) is 9.96. The van der Waals surface area contributed by atoms with Crippen molar-refractivity contribution in [1.29, 1.82) is 0 Å². The van der Waals surface area contributed by atoms with Gasteiger partial charge >= 0.3 is 147 Å². The van der Waals surface area contributed by atoms with Gasteiger partial charge in [0.05, 0.1) is 0 Å². The average molecular weight is 385 g/mol. The van der Waals surface area contributed by atoms with E-state index in [-0.39, 0.29) is 0 Å². The van der Waals surface area contributed by atoms with Crippen molar-refractivity contribution in [3.63, 3.8) is 0 Å². The van der Waals surface area contributed by atoms with Crippen LogP contribution in [-0.2, 0) is 0 Å². The van der Waals surface area contributed by atoms with Crippen LogP contribution in [0.15, 0.2) is 83.3 Å². The van der Waals surface area contributed by atoms with E-state index in [0.717, 1.165) is 10.2 Å². The number of hydrogen-bond donors (Lipinski definition) is 0. The third-order valence-electron chi connectivity index (χ3n) is 4.41. The van der Waals surface area contributed by atoms with E-state index in [1.807, 2.05) is 6.07 Å². The zero-order chi connectivity index (χ0) is 16.3. The summed E-state index contributed by atoms with van der Waals surface area (Å²) in [5, 5.41) is 4.02. The van der Waals surface area contributed by atoms with Gasteiger partial charge in [-0.3, -0.25) is 0 Å². The Morgan fingerprint density at radius 2 is 1.35 bits per heavy atom. The van der Waals surface area contributed by atoms with Crippen LogP contribution < -0.4 is 20.7 Å². The molecule has 0 amide bonds. The van der Waals surface area contributed by atoms with Crippen molar-refractivity contribution >= 4 is 46.6 Å². The van der Waals surface area contributed by atoms with Crippen LogP contribution in [0.2, 0.25) is 0 Å². The first-order chi connectivity index (χ1) is 11.2. The Morgan fingerprint density at radius 3 is 2.00 bits per heavy atom. The summed E-state index contributed by atoms with van der Waals surface area (Å²) < 4.78 is 6.85. The first-order valence-electron chi connectivity index (χ1n) is 7.62. The Balaban J connectivity index is 2.34. The SMILES string of the molecule is B[PH](c1ccccc1)(c1ccccc1Br)c1ccccc1OC. The zero-order valence-electron chi connectivity index (χ0n) is 13.3. The molecule has 0 heterocycles. The van der Waals surface area contributed by atoms with Crippen molar-refractivity contribution in [2.45, 2.75) is 0 Å². The number of ether oxygens (including phenoxy) is 1. The molecule has 0 spiro atoms. The summed E-state index contributed by atoms with van der Waals surface area (Å²) >= 11 is 3.77. The van der Waals surface area contributed by atoms with Gasteiger partial charge in [0.25, 0.3) is 0 Å². The number of halogens is 1. The summed E-state index contributed by atoms with van der Waals surface area (Å²) in [6.07, 6.45) is 0. The summed E-state index contributed by atoms with van der Waals surface area (Å²) in [6, 6.07) is 27.7. The van der Waals surface area contributed by atoms with Crippen molar-refractivity contribution in [1.82, 2.24) is 0 Å². The summed E-state index contributed by atoms with van der Waals surface area (Å²) in [5.74, 6) is 0.960. The van der Waals surface area contributed by atoms with Crippen LogP contribution >= 0.6 is 23.1 Å². The molecule has 0 N–H and O–H groups in total. The van der Waals surface area contributed by atoms with Crippen LogP contribution in [-0.4, -0.2) is 14.7 Å². The standard InChI is InChI=1S/C19H19BBrOP/c1-22-17-12-6-8-14-19(17)23(20,15-9-3-2-4-10-15)18-13-7-5-11-16(18)21/h2-14,23H,20H2,1H3. The first-order valence-corrected chi connectivity index (χ1v) is 10.9. The molecule has 0 bridgehead atoms. The van der Waals surface area contributed by atoms with E-state index in [0.29, 0.717) is 0 Å². The van der Waals surface area contributed by atoms with Crippen molar-refractivity contribution in [3.8, 4) is 5.75 Å². The fourth-order valence-electron chi connectivity index (χ4n) is 3.15. The van der Waals surface area contributed by atoms with Crippen LogP contribution in [0.25, 0.3) is 0 Å². The van der Waals surface area contributed by atoms with E-state index in [9.17, 15) is 0 Å². The van der Waals surface area contributed by atoms with Gasteiger partial charge in [-0.05, 0) is 0 Å². The normalized spacial score (nSPS) is 11.9. The van der Waals surface area contributed by atoms with Gasteiger partial charge in [0, 0.05) is 0 Å². The molecule has 3 rings (SSSR count). The van der Waals surface area contributed by atoms with Gasteiger partial charge in [0.2, 0.25) is 0 Å². The summed E-state index contributed by atoms with van der Waals surface area (Å²) in [4.78, 5) is 0. The van der Waals surface area contributed by atoms with Crippen molar-refractivity contribution in [2.75, 3.05) is 7.11 Å². The minimum atomic E-state index is -2.16. The van der Waals surface area contributed by atoms with E-state index in [1.54, 1.807) is 7.11 Å². The Bertz CT molecular complexity index is 809. The molecule has 0 unspecified atom stereocenters. The van der Waals surface area contributed by atoms with Crippen molar-refractivity contribution in [2.24, 2.45) is 0 Å². The number of rotatable bonds is 4. The molecule has 23 heavy (non-hydrogen) atoms. The Hall–Kier alpha value is -1.57. The molecule has 3 aromatic carbocycles. The van der Waals surface area contributed by atoms with Crippen LogP contribution in [0.1, 0.15) is 0 Å².